The van der Waals surface area contributed by atoms with Crippen LogP contribution >= 0.6 is 0 Å². The number of para-hydroxylation sites is 1. The molecule has 0 fully saturated rings. The van der Waals surface area contributed by atoms with Crippen LogP contribution in [0.1, 0.15) is 23.4 Å². The number of benzene rings is 2. The van der Waals surface area contributed by atoms with Gasteiger partial charge < -0.3 is 0 Å². The van der Waals surface area contributed by atoms with Crippen LogP contribution in [0, 0.1) is 0 Å². The van der Waals surface area contributed by atoms with E-state index in [4.69, 9.17) is 0 Å². The molecule has 126 valence electrons. The Morgan fingerprint density at radius 2 is 1.68 bits per heavy atom. The Hall–Kier alpha value is -2.96. The molecule has 0 atom stereocenters. The Morgan fingerprint density at radius 1 is 0.920 bits per heavy atom. The average molecular weight is 342 g/mol. The smallest absolute Gasteiger partial charge is 0.260 e. The van der Waals surface area contributed by atoms with Gasteiger partial charge in [-0.3, -0.25) is 5.43 Å². The third-order valence-corrected chi connectivity index (χ3v) is 4.11. The van der Waals surface area contributed by atoms with Crippen molar-refractivity contribution >= 4 is 22.4 Å². The van der Waals surface area contributed by atoms with Gasteiger partial charge in [-0.15, -0.1) is 0 Å². The number of halogens is 3. The molecule has 1 N–H and O–H groups in total. The number of hydrogen-bond acceptors (Lipinski definition) is 4. The minimum Gasteiger partial charge on any atom is -0.260 e. The summed E-state index contributed by atoms with van der Waals surface area (Å²) in [5.41, 5.74) is 5.96. The average Bonchev–Trinajstić information content (AvgIpc) is 3.02. The van der Waals surface area contributed by atoms with Gasteiger partial charge >= 0.3 is 6.18 Å². The van der Waals surface area contributed by atoms with E-state index in [0.29, 0.717) is 5.39 Å². The number of aryl methyl sites for hydroxylation is 1. The maximum absolute atomic E-state index is 13.0. The lowest BCUT2D eigenvalue weighted by molar-refractivity contribution is -0.144. The first-order valence-electron chi connectivity index (χ1n) is 7.77. The highest BCUT2D eigenvalue weighted by molar-refractivity contribution is 6.05. The van der Waals surface area contributed by atoms with Crippen molar-refractivity contribution in [3.05, 3.63) is 65.5 Å². The third kappa shape index (κ3) is 2.93. The van der Waals surface area contributed by atoms with Gasteiger partial charge in [0.05, 0.1) is 11.2 Å². The van der Waals surface area contributed by atoms with Gasteiger partial charge in [-0.1, -0.05) is 36.4 Å². The first kappa shape index (κ1) is 15.6. The Labute approximate surface area is 141 Å². The van der Waals surface area contributed by atoms with E-state index in [1.165, 1.54) is 11.6 Å². The van der Waals surface area contributed by atoms with Crippen LogP contribution in [-0.4, -0.2) is 15.7 Å². The maximum Gasteiger partial charge on any atom is 0.451 e. The van der Waals surface area contributed by atoms with Crippen molar-refractivity contribution in [3.8, 4) is 0 Å². The Bertz CT molecular complexity index is 979. The van der Waals surface area contributed by atoms with E-state index in [1.54, 1.807) is 18.2 Å². The highest BCUT2D eigenvalue weighted by atomic mass is 19.4. The SMILES string of the molecule is FC(F)(F)c1nc(N/N=C2/CCc3ccccc32)c2ccccc2n1. The predicted molar refractivity (Wildman–Crippen MR) is 89.5 cm³/mol. The summed E-state index contributed by atoms with van der Waals surface area (Å²) in [5.74, 6) is -1.13. The minimum atomic E-state index is -4.62. The van der Waals surface area contributed by atoms with Crippen molar-refractivity contribution in [3.63, 3.8) is 0 Å². The molecule has 0 spiro atoms. The normalized spacial score (nSPS) is 15.6. The number of hydrogen-bond donors (Lipinski definition) is 1. The van der Waals surface area contributed by atoms with Gasteiger partial charge in [0.2, 0.25) is 5.82 Å². The number of hydrazone groups is 1. The van der Waals surface area contributed by atoms with Crippen LogP contribution in [0.15, 0.2) is 53.6 Å². The number of anilines is 1. The highest BCUT2D eigenvalue weighted by Gasteiger charge is 2.35. The van der Waals surface area contributed by atoms with Gasteiger partial charge in [-0.2, -0.15) is 18.3 Å². The van der Waals surface area contributed by atoms with E-state index >= 15 is 0 Å². The van der Waals surface area contributed by atoms with E-state index < -0.39 is 12.0 Å². The van der Waals surface area contributed by atoms with Gasteiger partial charge in [0, 0.05) is 10.9 Å². The topological polar surface area (TPSA) is 50.2 Å². The molecule has 4 rings (SSSR count). The molecule has 1 aromatic heterocycles. The molecular formula is C18H13F3N4. The van der Waals surface area contributed by atoms with Gasteiger partial charge in [-0.05, 0) is 30.5 Å². The molecule has 0 amide bonds. The monoisotopic (exact) mass is 342 g/mol. The number of aromatic nitrogens is 2. The zero-order valence-electron chi connectivity index (χ0n) is 13.0. The molecule has 25 heavy (non-hydrogen) atoms. The summed E-state index contributed by atoms with van der Waals surface area (Å²) in [5, 5.41) is 4.81. The Morgan fingerprint density at radius 3 is 2.52 bits per heavy atom. The predicted octanol–water partition coefficient (Wildman–Crippen LogP) is 4.41. The number of rotatable bonds is 2. The lowest BCUT2D eigenvalue weighted by Crippen LogP contribution is -2.13. The molecule has 2 aromatic carbocycles. The molecule has 4 nitrogen and oxygen atoms in total. The Balaban J connectivity index is 1.76. The van der Waals surface area contributed by atoms with Crippen molar-refractivity contribution < 1.29 is 13.2 Å². The van der Waals surface area contributed by atoms with Crippen LogP contribution in [0.3, 0.4) is 0 Å². The van der Waals surface area contributed by atoms with Crippen LogP contribution in [0.4, 0.5) is 19.0 Å². The Kier molecular flexibility index (Phi) is 3.63. The zero-order chi connectivity index (χ0) is 17.4. The number of nitrogens with one attached hydrogen (secondary N) is 1. The summed E-state index contributed by atoms with van der Waals surface area (Å²) < 4.78 is 39.1. The van der Waals surface area contributed by atoms with Gasteiger partial charge in [0.15, 0.2) is 5.82 Å². The molecule has 1 heterocycles. The molecular weight excluding hydrogens is 329 g/mol. The summed E-state index contributed by atoms with van der Waals surface area (Å²) in [6, 6.07) is 14.4. The molecule has 0 radical (unpaired) electrons. The van der Waals surface area contributed by atoms with Crippen molar-refractivity contribution in [2.75, 3.05) is 5.43 Å². The number of fused-ring (bicyclic) bond motifs is 2. The summed E-state index contributed by atoms with van der Waals surface area (Å²) in [6.07, 6.45) is -3.01. The van der Waals surface area contributed by atoms with Crippen molar-refractivity contribution in [1.82, 2.24) is 9.97 Å². The summed E-state index contributed by atoms with van der Waals surface area (Å²) >= 11 is 0. The number of alkyl halides is 3. The largest absolute Gasteiger partial charge is 0.451 e. The number of nitrogens with zero attached hydrogens (tertiary/aromatic N) is 3. The van der Waals surface area contributed by atoms with Crippen LogP contribution < -0.4 is 5.43 Å². The summed E-state index contributed by atoms with van der Waals surface area (Å²) in [6.45, 7) is 0. The van der Waals surface area contributed by atoms with E-state index in [-0.39, 0.29) is 11.3 Å². The second-order valence-electron chi connectivity index (χ2n) is 5.74. The fourth-order valence-electron chi connectivity index (χ4n) is 2.93. The molecule has 7 heteroatoms. The molecule has 3 aromatic rings. The molecule has 1 aliphatic carbocycles. The van der Waals surface area contributed by atoms with Crippen LogP contribution in [0.5, 0.6) is 0 Å². The zero-order valence-corrected chi connectivity index (χ0v) is 13.0. The molecule has 0 bridgehead atoms. The highest BCUT2D eigenvalue weighted by Crippen LogP contribution is 2.30. The lowest BCUT2D eigenvalue weighted by atomic mass is 10.1. The fourth-order valence-corrected chi connectivity index (χ4v) is 2.93. The molecule has 0 aliphatic heterocycles. The van der Waals surface area contributed by atoms with Gasteiger partial charge in [0.1, 0.15) is 0 Å². The van der Waals surface area contributed by atoms with Crippen LogP contribution in [0.25, 0.3) is 10.9 Å². The molecule has 0 saturated carbocycles. The summed E-state index contributed by atoms with van der Waals surface area (Å²) in [7, 11) is 0. The fraction of sp³-hybridized carbons (Fsp3) is 0.167. The van der Waals surface area contributed by atoms with Crippen LogP contribution in [0.2, 0.25) is 0 Å². The standard InChI is InChI=1S/C18H13F3N4/c19-18(20,21)17-22-14-8-4-3-7-13(14)16(23-17)25-24-15-10-9-11-5-1-2-6-12(11)15/h1-8H,9-10H2,(H,22,23,25)/b24-15-. The molecule has 1 aliphatic rings. The first-order chi connectivity index (χ1) is 12.0. The van der Waals surface area contributed by atoms with E-state index in [1.807, 2.05) is 24.3 Å². The van der Waals surface area contributed by atoms with E-state index in [9.17, 15) is 13.2 Å². The minimum absolute atomic E-state index is 0.0507. The van der Waals surface area contributed by atoms with Crippen LogP contribution in [-0.2, 0) is 12.6 Å². The van der Waals surface area contributed by atoms with E-state index in [0.717, 1.165) is 24.1 Å². The van der Waals surface area contributed by atoms with Gasteiger partial charge in [-0.25, -0.2) is 9.97 Å². The van der Waals surface area contributed by atoms with Crippen molar-refractivity contribution in [1.29, 1.82) is 0 Å². The van der Waals surface area contributed by atoms with Crippen molar-refractivity contribution in [2.45, 2.75) is 19.0 Å². The molecule has 0 unspecified atom stereocenters. The van der Waals surface area contributed by atoms with Crippen molar-refractivity contribution in [2.24, 2.45) is 5.10 Å². The summed E-state index contributed by atoms with van der Waals surface area (Å²) in [4.78, 5) is 7.23. The first-order valence-corrected chi connectivity index (χ1v) is 7.77. The second kappa shape index (κ2) is 5.84. The third-order valence-electron chi connectivity index (χ3n) is 4.11. The second-order valence-corrected chi connectivity index (χ2v) is 5.74. The van der Waals surface area contributed by atoms with E-state index in [2.05, 4.69) is 20.5 Å². The van der Waals surface area contributed by atoms with Gasteiger partial charge in [0.25, 0.3) is 0 Å². The maximum atomic E-state index is 13.0. The lowest BCUT2D eigenvalue weighted by Gasteiger charge is -2.10. The quantitative estimate of drug-likeness (QED) is 0.702. The molecule has 0 saturated heterocycles.